The number of hydrogen-bond donors (Lipinski definition) is 2. The molecule has 0 spiro atoms. The number of anilines is 1. The topological polar surface area (TPSA) is 98.4 Å². The molecule has 2 aromatic heterocycles. The Morgan fingerprint density at radius 2 is 2.00 bits per heavy atom. The van der Waals surface area contributed by atoms with E-state index in [1.807, 2.05) is 48.5 Å². The van der Waals surface area contributed by atoms with Gasteiger partial charge in [-0.15, -0.1) is 0 Å². The van der Waals surface area contributed by atoms with E-state index in [-0.39, 0.29) is 11.8 Å². The zero-order valence-electron chi connectivity index (χ0n) is 19.2. The third kappa shape index (κ3) is 4.19. The molecule has 6 rings (SSSR count). The Kier molecular flexibility index (Phi) is 5.33. The summed E-state index contributed by atoms with van der Waals surface area (Å²) in [6, 6.07) is 17.6. The first kappa shape index (κ1) is 21.2. The van der Waals surface area contributed by atoms with Gasteiger partial charge < -0.3 is 19.5 Å². The molecule has 1 amide bonds. The summed E-state index contributed by atoms with van der Waals surface area (Å²) in [4.78, 5) is 16.0. The van der Waals surface area contributed by atoms with Gasteiger partial charge in [-0.25, -0.2) is 4.98 Å². The summed E-state index contributed by atoms with van der Waals surface area (Å²) in [6.07, 6.45) is 3.48. The van der Waals surface area contributed by atoms with Gasteiger partial charge >= 0.3 is 0 Å². The van der Waals surface area contributed by atoms with Crippen LogP contribution in [0.15, 0.2) is 60.8 Å². The molecule has 176 valence electrons. The minimum Gasteiger partial charge on any atom is -0.497 e. The molecule has 2 N–H and O–H groups in total. The van der Waals surface area contributed by atoms with E-state index in [2.05, 4.69) is 26.6 Å². The quantitative estimate of drug-likeness (QED) is 0.433. The molecule has 0 bridgehead atoms. The normalized spacial score (nSPS) is 16.5. The lowest BCUT2D eigenvalue weighted by Crippen LogP contribution is -2.20. The minimum atomic E-state index is -0.0208. The van der Waals surface area contributed by atoms with Crippen molar-refractivity contribution in [3.63, 3.8) is 0 Å². The first-order valence-electron chi connectivity index (χ1n) is 11.6. The maximum absolute atomic E-state index is 11.7. The van der Waals surface area contributed by atoms with Gasteiger partial charge in [0.1, 0.15) is 28.8 Å². The van der Waals surface area contributed by atoms with Crippen molar-refractivity contribution in [2.75, 3.05) is 19.0 Å². The van der Waals surface area contributed by atoms with E-state index in [1.165, 1.54) is 0 Å². The maximum Gasteiger partial charge on any atom is 0.225 e. The number of amides is 1. The van der Waals surface area contributed by atoms with Crippen LogP contribution in [0.25, 0.3) is 11.3 Å². The average molecular weight is 469 g/mol. The Morgan fingerprint density at radius 1 is 1.06 bits per heavy atom. The largest absolute Gasteiger partial charge is 0.497 e. The number of carbonyl (C=O) groups is 1. The van der Waals surface area contributed by atoms with Crippen molar-refractivity contribution >= 4 is 11.7 Å². The maximum atomic E-state index is 11.7. The van der Waals surface area contributed by atoms with Crippen LogP contribution < -0.4 is 19.5 Å². The standard InChI is InChI=1S/C27H24N4O4/c1-33-19-4-2-3-16(12-19)22-14-23(31-30-22)18-11-17-13-20(5-7-24(17)34-15-18)35-25-9-10-28-27-21(25)6-8-26(32)29-27/h2-5,7,9-10,12-14,18H,6,8,11,15H2,1H3,(H,30,31)(H,28,29,32). The Bertz CT molecular complexity index is 1410. The van der Waals surface area contributed by atoms with E-state index in [1.54, 1.807) is 13.3 Å². The fourth-order valence-corrected chi connectivity index (χ4v) is 4.59. The van der Waals surface area contributed by atoms with Crippen LogP contribution in [0.2, 0.25) is 0 Å². The van der Waals surface area contributed by atoms with E-state index in [4.69, 9.17) is 14.2 Å². The molecule has 0 fully saturated rings. The highest BCUT2D eigenvalue weighted by molar-refractivity contribution is 5.93. The van der Waals surface area contributed by atoms with Gasteiger partial charge in [-0.05, 0) is 60.9 Å². The number of nitrogens with one attached hydrogen (secondary N) is 2. The number of H-pyrrole nitrogens is 1. The number of aromatic nitrogens is 3. The zero-order valence-corrected chi connectivity index (χ0v) is 19.2. The van der Waals surface area contributed by atoms with Crippen molar-refractivity contribution < 1.29 is 19.0 Å². The van der Waals surface area contributed by atoms with Crippen LogP contribution in [0.3, 0.4) is 0 Å². The summed E-state index contributed by atoms with van der Waals surface area (Å²) in [5, 5.41) is 10.5. The molecule has 8 nitrogen and oxygen atoms in total. The molecule has 0 saturated carbocycles. The number of hydrogen-bond acceptors (Lipinski definition) is 6. The highest BCUT2D eigenvalue weighted by Gasteiger charge is 2.25. The van der Waals surface area contributed by atoms with Crippen LogP contribution in [0.1, 0.15) is 29.2 Å². The third-order valence-corrected chi connectivity index (χ3v) is 6.44. The number of benzene rings is 2. The molecule has 4 aromatic rings. The van der Waals surface area contributed by atoms with Gasteiger partial charge in [0.15, 0.2) is 0 Å². The van der Waals surface area contributed by atoms with E-state index in [0.717, 1.165) is 51.7 Å². The van der Waals surface area contributed by atoms with E-state index < -0.39 is 0 Å². The number of methoxy groups -OCH3 is 1. The van der Waals surface area contributed by atoms with Crippen LogP contribution in [0, 0.1) is 0 Å². The molecule has 0 radical (unpaired) electrons. The van der Waals surface area contributed by atoms with E-state index in [0.29, 0.717) is 31.0 Å². The Morgan fingerprint density at radius 3 is 2.91 bits per heavy atom. The van der Waals surface area contributed by atoms with Crippen LogP contribution in [0.4, 0.5) is 5.82 Å². The van der Waals surface area contributed by atoms with Crippen molar-refractivity contribution in [3.8, 4) is 34.3 Å². The molecule has 0 aliphatic carbocycles. The number of ether oxygens (including phenoxy) is 3. The SMILES string of the molecule is COc1cccc(-c2cc(C3COc4ccc(Oc5ccnc6c5CCC(=O)N6)cc4C3)[nH]n2)c1. The summed E-state index contributed by atoms with van der Waals surface area (Å²) < 4.78 is 17.6. The molecular formula is C27H24N4O4. The highest BCUT2D eigenvalue weighted by atomic mass is 16.5. The lowest BCUT2D eigenvalue weighted by atomic mass is 9.93. The van der Waals surface area contributed by atoms with E-state index in [9.17, 15) is 4.79 Å². The summed E-state index contributed by atoms with van der Waals surface area (Å²) in [5.74, 6) is 3.80. The van der Waals surface area contributed by atoms with Crippen LogP contribution in [0.5, 0.6) is 23.0 Å². The number of fused-ring (bicyclic) bond motifs is 2. The summed E-state index contributed by atoms with van der Waals surface area (Å²) in [7, 11) is 1.66. The van der Waals surface area contributed by atoms with Gasteiger partial charge in [0.2, 0.25) is 5.91 Å². The van der Waals surface area contributed by atoms with Gasteiger partial charge in [0.05, 0.1) is 19.4 Å². The fourth-order valence-electron chi connectivity index (χ4n) is 4.59. The van der Waals surface area contributed by atoms with Crippen LogP contribution >= 0.6 is 0 Å². The van der Waals surface area contributed by atoms with Crippen molar-refractivity contribution in [1.82, 2.24) is 15.2 Å². The second-order valence-electron chi connectivity index (χ2n) is 8.71. The monoisotopic (exact) mass is 468 g/mol. The first-order valence-corrected chi connectivity index (χ1v) is 11.6. The molecule has 4 heterocycles. The minimum absolute atomic E-state index is 0.0208. The van der Waals surface area contributed by atoms with Crippen LogP contribution in [-0.4, -0.2) is 34.8 Å². The van der Waals surface area contributed by atoms with Gasteiger partial charge in [-0.2, -0.15) is 5.10 Å². The van der Waals surface area contributed by atoms with Crippen molar-refractivity contribution in [3.05, 3.63) is 77.6 Å². The second kappa shape index (κ2) is 8.79. The number of carbonyl (C=O) groups excluding carboxylic acids is 1. The Hall–Kier alpha value is -4.33. The molecule has 2 aromatic carbocycles. The fraction of sp³-hybridized carbons (Fsp3) is 0.222. The lowest BCUT2D eigenvalue weighted by molar-refractivity contribution is -0.116. The molecular weight excluding hydrogens is 444 g/mol. The average Bonchev–Trinajstić information content (AvgIpc) is 3.39. The summed E-state index contributed by atoms with van der Waals surface area (Å²) in [6.45, 7) is 0.574. The van der Waals surface area contributed by atoms with Crippen molar-refractivity contribution in [2.24, 2.45) is 0 Å². The van der Waals surface area contributed by atoms with Gasteiger partial charge in [-0.3, -0.25) is 9.89 Å². The molecule has 1 atom stereocenters. The van der Waals surface area contributed by atoms with Crippen LogP contribution in [-0.2, 0) is 17.6 Å². The molecule has 0 saturated heterocycles. The Balaban J connectivity index is 1.22. The van der Waals surface area contributed by atoms with Crippen molar-refractivity contribution in [2.45, 2.75) is 25.2 Å². The molecule has 35 heavy (non-hydrogen) atoms. The number of aromatic amines is 1. The van der Waals surface area contributed by atoms with Gasteiger partial charge in [0.25, 0.3) is 0 Å². The highest BCUT2D eigenvalue weighted by Crippen LogP contribution is 2.38. The van der Waals surface area contributed by atoms with E-state index >= 15 is 0 Å². The number of nitrogens with zero attached hydrogens (tertiary/aromatic N) is 2. The predicted octanol–water partition coefficient (Wildman–Crippen LogP) is 4.88. The number of pyridine rings is 1. The summed E-state index contributed by atoms with van der Waals surface area (Å²) >= 11 is 0. The number of rotatable bonds is 5. The lowest BCUT2D eigenvalue weighted by Gasteiger charge is -2.25. The zero-order chi connectivity index (χ0) is 23.8. The Labute approximate surface area is 202 Å². The third-order valence-electron chi connectivity index (χ3n) is 6.44. The molecule has 2 aliphatic heterocycles. The predicted molar refractivity (Wildman–Crippen MR) is 130 cm³/mol. The van der Waals surface area contributed by atoms with Crippen molar-refractivity contribution in [1.29, 1.82) is 0 Å². The second-order valence-corrected chi connectivity index (χ2v) is 8.71. The van der Waals surface area contributed by atoms with Gasteiger partial charge in [0, 0.05) is 35.4 Å². The summed E-state index contributed by atoms with van der Waals surface area (Å²) in [5.41, 5.74) is 4.89. The van der Waals surface area contributed by atoms with Gasteiger partial charge in [-0.1, -0.05) is 12.1 Å². The smallest absolute Gasteiger partial charge is 0.225 e. The first-order chi connectivity index (χ1) is 17.2. The molecule has 2 aliphatic rings. The molecule has 8 heteroatoms. The molecule has 1 unspecified atom stereocenters.